The summed E-state index contributed by atoms with van der Waals surface area (Å²) in [4.78, 5) is 12.6. The molecular formula is C21H29NO7. The molecule has 1 aromatic rings. The fraction of sp³-hybridized carbons (Fsp3) is 0.571. The number of methoxy groups -OCH3 is 1. The minimum Gasteiger partial charge on any atom is -0.459 e. The zero-order chi connectivity index (χ0) is 20.6. The number of fused-ring (bicyclic) bond motifs is 1. The third kappa shape index (κ3) is 5.20. The first kappa shape index (κ1) is 21.4. The summed E-state index contributed by atoms with van der Waals surface area (Å²) in [5.74, 6) is 1.11. The number of hydrogen-bond acceptors (Lipinski definition) is 7. The fourth-order valence-corrected chi connectivity index (χ4v) is 3.62. The molecule has 1 amide bonds. The summed E-state index contributed by atoms with van der Waals surface area (Å²) in [6.07, 6.45) is 2.55. The van der Waals surface area contributed by atoms with Crippen molar-refractivity contribution in [3.63, 3.8) is 0 Å². The molecule has 2 N–H and O–H groups in total. The number of benzene rings is 1. The van der Waals surface area contributed by atoms with Crippen molar-refractivity contribution in [1.82, 2.24) is 5.32 Å². The quantitative estimate of drug-likeness (QED) is 0.572. The Morgan fingerprint density at radius 2 is 2.14 bits per heavy atom. The standard InChI is InChI=1S/C21H29NO7/c1-3-26-21-15(5-4-9-23)16(12-19(29-21)20(24)22-8-10-25-2)14-6-7-17-18(11-14)28-13-27-17/h6-7,11-12,15-16,21,23H,3-5,8-10,13H2,1-2H3,(H,22,24). The number of allylic oxidation sites excluding steroid dienone is 1. The maximum Gasteiger partial charge on any atom is 0.286 e. The van der Waals surface area contributed by atoms with E-state index in [4.69, 9.17) is 23.7 Å². The van der Waals surface area contributed by atoms with E-state index < -0.39 is 6.29 Å². The van der Waals surface area contributed by atoms with E-state index in [0.717, 1.165) is 5.56 Å². The minimum atomic E-state index is -0.588. The van der Waals surface area contributed by atoms with Crippen LogP contribution in [0.5, 0.6) is 11.5 Å². The van der Waals surface area contributed by atoms with E-state index >= 15 is 0 Å². The number of carbonyl (C=O) groups is 1. The van der Waals surface area contributed by atoms with Gasteiger partial charge in [0.25, 0.3) is 5.91 Å². The smallest absolute Gasteiger partial charge is 0.286 e. The van der Waals surface area contributed by atoms with Crippen molar-refractivity contribution >= 4 is 5.91 Å². The fourth-order valence-electron chi connectivity index (χ4n) is 3.62. The second-order valence-electron chi connectivity index (χ2n) is 6.89. The van der Waals surface area contributed by atoms with Gasteiger partial charge in [0.15, 0.2) is 17.3 Å². The van der Waals surface area contributed by atoms with Crippen LogP contribution < -0.4 is 14.8 Å². The number of rotatable bonds is 10. The van der Waals surface area contributed by atoms with Crippen molar-refractivity contribution in [3.8, 4) is 11.5 Å². The van der Waals surface area contributed by atoms with Gasteiger partial charge >= 0.3 is 0 Å². The first-order valence-corrected chi connectivity index (χ1v) is 9.95. The summed E-state index contributed by atoms with van der Waals surface area (Å²) in [5, 5.41) is 12.1. The lowest BCUT2D eigenvalue weighted by Gasteiger charge is -2.37. The van der Waals surface area contributed by atoms with E-state index in [1.54, 1.807) is 7.11 Å². The van der Waals surface area contributed by atoms with Gasteiger partial charge in [-0.25, -0.2) is 0 Å². The SMILES string of the molecule is CCOC1OC(C(=O)NCCOC)=CC(c2ccc3c(c2)OCO3)C1CCCO. The zero-order valence-electron chi connectivity index (χ0n) is 16.9. The van der Waals surface area contributed by atoms with E-state index in [-0.39, 0.29) is 36.9 Å². The molecule has 8 nitrogen and oxygen atoms in total. The molecule has 3 unspecified atom stereocenters. The molecule has 2 heterocycles. The third-order valence-corrected chi connectivity index (χ3v) is 5.01. The molecular weight excluding hydrogens is 378 g/mol. The molecule has 0 spiro atoms. The Kier molecular flexibility index (Phi) is 7.74. The van der Waals surface area contributed by atoms with Gasteiger partial charge in [-0.1, -0.05) is 6.07 Å². The van der Waals surface area contributed by atoms with Crippen LogP contribution in [0.3, 0.4) is 0 Å². The molecule has 3 rings (SSSR count). The molecule has 2 aliphatic rings. The van der Waals surface area contributed by atoms with Gasteiger partial charge in [-0.3, -0.25) is 4.79 Å². The lowest BCUT2D eigenvalue weighted by Crippen LogP contribution is -2.39. The van der Waals surface area contributed by atoms with Gasteiger partial charge in [0.2, 0.25) is 13.1 Å². The molecule has 3 atom stereocenters. The van der Waals surface area contributed by atoms with Crippen LogP contribution in [0.1, 0.15) is 31.2 Å². The molecule has 29 heavy (non-hydrogen) atoms. The Bertz CT molecular complexity index is 721. The normalized spacial score (nSPS) is 22.7. The van der Waals surface area contributed by atoms with Gasteiger partial charge in [-0.05, 0) is 43.5 Å². The van der Waals surface area contributed by atoms with Crippen molar-refractivity contribution in [2.75, 3.05) is 40.3 Å². The third-order valence-electron chi connectivity index (χ3n) is 5.01. The number of aliphatic hydroxyl groups excluding tert-OH is 1. The van der Waals surface area contributed by atoms with Crippen LogP contribution in [-0.2, 0) is 19.0 Å². The van der Waals surface area contributed by atoms with Crippen LogP contribution in [0.2, 0.25) is 0 Å². The van der Waals surface area contributed by atoms with Crippen molar-refractivity contribution in [1.29, 1.82) is 0 Å². The Labute approximate surface area is 170 Å². The molecule has 0 aliphatic carbocycles. The van der Waals surface area contributed by atoms with Gasteiger partial charge in [0, 0.05) is 38.7 Å². The highest BCUT2D eigenvalue weighted by Gasteiger charge is 2.38. The van der Waals surface area contributed by atoms with Crippen molar-refractivity contribution < 1.29 is 33.6 Å². The average Bonchev–Trinajstić information content (AvgIpc) is 3.20. The number of ether oxygens (including phenoxy) is 5. The lowest BCUT2D eigenvalue weighted by molar-refractivity contribution is -0.166. The Hall–Kier alpha value is -2.29. The van der Waals surface area contributed by atoms with E-state index in [1.165, 1.54) is 0 Å². The van der Waals surface area contributed by atoms with Crippen LogP contribution in [0.25, 0.3) is 0 Å². The predicted octanol–water partition coefficient (Wildman–Crippen LogP) is 1.93. The summed E-state index contributed by atoms with van der Waals surface area (Å²) >= 11 is 0. The minimum absolute atomic E-state index is 0.0574. The zero-order valence-corrected chi connectivity index (χ0v) is 16.9. The summed E-state index contributed by atoms with van der Waals surface area (Å²) in [6.45, 7) is 3.42. The maximum atomic E-state index is 12.6. The highest BCUT2D eigenvalue weighted by Crippen LogP contribution is 2.42. The van der Waals surface area contributed by atoms with Gasteiger partial charge in [-0.15, -0.1) is 0 Å². The summed E-state index contributed by atoms with van der Waals surface area (Å²) in [7, 11) is 1.58. The number of hydrogen-bond donors (Lipinski definition) is 2. The lowest BCUT2D eigenvalue weighted by atomic mass is 9.80. The van der Waals surface area contributed by atoms with Crippen LogP contribution >= 0.6 is 0 Å². The van der Waals surface area contributed by atoms with Crippen molar-refractivity contribution in [3.05, 3.63) is 35.6 Å². The Morgan fingerprint density at radius 1 is 1.31 bits per heavy atom. The molecule has 160 valence electrons. The van der Waals surface area contributed by atoms with Gasteiger partial charge in [0.1, 0.15) is 0 Å². The van der Waals surface area contributed by atoms with E-state index in [0.29, 0.717) is 44.1 Å². The molecule has 0 bridgehead atoms. The first-order chi connectivity index (χ1) is 14.2. The van der Waals surface area contributed by atoms with Crippen LogP contribution in [0.4, 0.5) is 0 Å². The second-order valence-corrected chi connectivity index (χ2v) is 6.89. The van der Waals surface area contributed by atoms with Gasteiger partial charge in [0.05, 0.1) is 6.61 Å². The van der Waals surface area contributed by atoms with Crippen molar-refractivity contribution in [2.45, 2.75) is 32.0 Å². The number of amides is 1. The number of carbonyl (C=O) groups excluding carboxylic acids is 1. The highest BCUT2D eigenvalue weighted by atomic mass is 16.7. The number of aliphatic hydroxyl groups is 1. The molecule has 0 fully saturated rings. The molecule has 0 saturated heterocycles. The summed E-state index contributed by atoms with van der Waals surface area (Å²) in [6, 6.07) is 5.78. The van der Waals surface area contributed by atoms with Gasteiger partial charge < -0.3 is 34.1 Å². The first-order valence-electron chi connectivity index (χ1n) is 9.95. The molecule has 8 heteroatoms. The summed E-state index contributed by atoms with van der Waals surface area (Å²) in [5.41, 5.74) is 0.979. The van der Waals surface area contributed by atoms with E-state index in [2.05, 4.69) is 5.32 Å². The molecule has 0 saturated carbocycles. The molecule has 0 aromatic heterocycles. The number of nitrogens with one attached hydrogen (secondary N) is 1. The maximum absolute atomic E-state index is 12.6. The molecule has 1 aromatic carbocycles. The monoisotopic (exact) mass is 407 g/mol. The van der Waals surface area contributed by atoms with E-state index in [9.17, 15) is 9.90 Å². The van der Waals surface area contributed by atoms with Crippen molar-refractivity contribution in [2.24, 2.45) is 5.92 Å². The Morgan fingerprint density at radius 3 is 2.90 bits per heavy atom. The highest BCUT2D eigenvalue weighted by molar-refractivity contribution is 5.91. The van der Waals surface area contributed by atoms with Gasteiger partial charge in [-0.2, -0.15) is 0 Å². The van der Waals surface area contributed by atoms with Crippen LogP contribution in [-0.4, -0.2) is 57.6 Å². The largest absolute Gasteiger partial charge is 0.459 e. The average molecular weight is 407 g/mol. The topological polar surface area (TPSA) is 95.5 Å². The summed E-state index contributed by atoms with van der Waals surface area (Å²) < 4.78 is 27.7. The predicted molar refractivity (Wildman–Crippen MR) is 105 cm³/mol. The second kappa shape index (κ2) is 10.5. The van der Waals surface area contributed by atoms with Crippen LogP contribution in [0.15, 0.2) is 30.0 Å². The molecule has 2 aliphatic heterocycles. The van der Waals surface area contributed by atoms with Crippen LogP contribution in [0, 0.1) is 5.92 Å². The Balaban J connectivity index is 1.90. The molecule has 0 radical (unpaired) electrons. The van der Waals surface area contributed by atoms with E-state index in [1.807, 2.05) is 31.2 Å².